The third-order valence-electron chi connectivity index (χ3n) is 8.07. The second kappa shape index (κ2) is 9.42. The normalized spacial score (nSPS) is 15.0. The first-order chi connectivity index (χ1) is 18.4. The van der Waals surface area contributed by atoms with Crippen molar-refractivity contribution in [3.05, 3.63) is 98.1 Å². The summed E-state index contributed by atoms with van der Waals surface area (Å²) in [4.78, 5) is 12.0. The fraction of sp³-hybridized carbons (Fsp3) is 0.353. The highest BCUT2D eigenvalue weighted by Gasteiger charge is 2.26. The van der Waals surface area contributed by atoms with Crippen LogP contribution in [0.4, 0.5) is 5.69 Å². The second-order valence-electron chi connectivity index (χ2n) is 12.9. The third kappa shape index (κ3) is 4.58. The Kier molecular flexibility index (Phi) is 6.39. The Morgan fingerprint density at radius 2 is 1.28 bits per heavy atom. The van der Waals surface area contributed by atoms with Gasteiger partial charge in [-0.05, 0) is 77.5 Å². The standard InChI is InChI=1S/C34H35NO2S2/c1-33(2,3)26-14-23-13-25-19-39-17-22-9-7-8-21(32(22)35(36)37)16-38-18-24-12-20-10-11-28(34(4,5)6)30(25)31(20)29(23)27(24)15-26/h7-15H,16-19H2,1-6H3. The van der Waals surface area contributed by atoms with Gasteiger partial charge >= 0.3 is 0 Å². The van der Waals surface area contributed by atoms with Crippen molar-refractivity contribution < 1.29 is 4.92 Å². The summed E-state index contributed by atoms with van der Waals surface area (Å²) in [7, 11) is 0. The summed E-state index contributed by atoms with van der Waals surface area (Å²) in [5.74, 6) is 2.86. The molecule has 5 aromatic rings. The molecule has 3 nitrogen and oxygen atoms in total. The molecular weight excluding hydrogens is 519 g/mol. The molecule has 8 rings (SSSR count). The van der Waals surface area contributed by atoms with Crippen LogP contribution >= 0.6 is 23.5 Å². The van der Waals surface area contributed by atoms with Crippen LogP contribution < -0.4 is 0 Å². The highest BCUT2D eigenvalue weighted by Crippen LogP contribution is 2.46. The van der Waals surface area contributed by atoms with Gasteiger partial charge in [0.2, 0.25) is 0 Å². The van der Waals surface area contributed by atoms with Gasteiger partial charge in [0.1, 0.15) is 0 Å². The molecule has 0 aromatic heterocycles. The number of nitro groups is 1. The predicted octanol–water partition coefficient (Wildman–Crippen LogP) is 10.3. The molecule has 200 valence electrons. The van der Waals surface area contributed by atoms with E-state index in [0.29, 0.717) is 17.2 Å². The summed E-state index contributed by atoms with van der Waals surface area (Å²) < 4.78 is 0. The van der Waals surface area contributed by atoms with E-state index in [-0.39, 0.29) is 15.8 Å². The van der Waals surface area contributed by atoms with Crippen LogP contribution in [-0.2, 0) is 33.8 Å². The van der Waals surface area contributed by atoms with Crippen molar-refractivity contribution in [1.82, 2.24) is 0 Å². The van der Waals surface area contributed by atoms with Gasteiger partial charge in [-0.2, -0.15) is 23.5 Å². The van der Waals surface area contributed by atoms with Crippen LogP contribution in [0.15, 0.2) is 54.6 Å². The van der Waals surface area contributed by atoms with E-state index in [1.165, 1.54) is 54.6 Å². The van der Waals surface area contributed by atoms with Gasteiger partial charge in [0, 0.05) is 34.1 Å². The molecule has 5 heteroatoms. The first-order valence-corrected chi connectivity index (χ1v) is 15.9. The highest BCUT2D eigenvalue weighted by molar-refractivity contribution is 7.98. The molecule has 3 aliphatic heterocycles. The lowest BCUT2D eigenvalue weighted by Crippen LogP contribution is -2.13. The average Bonchev–Trinajstić information content (AvgIpc) is 2.85. The van der Waals surface area contributed by atoms with Crippen molar-refractivity contribution in [2.24, 2.45) is 0 Å². The van der Waals surface area contributed by atoms with Crippen LogP contribution in [0, 0.1) is 10.1 Å². The van der Waals surface area contributed by atoms with E-state index in [9.17, 15) is 10.1 Å². The van der Waals surface area contributed by atoms with Crippen LogP contribution in [0.25, 0.3) is 32.3 Å². The van der Waals surface area contributed by atoms with Crippen molar-refractivity contribution in [3.8, 4) is 0 Å². The molecule has 3 aliphatic rings. The number of para-hydroxylation sites is 1. The lowest BCUT2D eigenvalue weighted by atomic mass is 9.78. The van der Waals surface area contributed by atoms with E-state index in [0.717, 1.165) is 22.6 Å². The summed E-state index contributed by atoms with van der Waals surface area (Å²) in [6, 6.07) is 20.1. The molecular formula is C34H35NO2S2. The molecule has 0 saturated carbocycles. The van der Waals surface area contributed by atoms with Gasteiger partial charge in [-0.3, -0.25) is 10.1 Å². The number of nitrogens with zero attached hydrogens (tertiary/aromatic N) is 1. The molecule has 0 fully saturated rings. The van der Waals surface area contributed by atoms with Crippen molar-refractivity contribution in [2.45, 2.75) is 75.4 Å². The van der Waals surface area contributed by atoms with Gasteiger partial charge in [-0.1, -0.05) is 84.0 Å². The molecule has 0 spiro atoms. The summed E-state index contributed by atoms with van der Waals surface area (Å²) in [5.41, 5.74) is 7.31. The van der Waals surface area contributed by atoms with Crippen LogP contribution in [0.2, 0.25) is 0 Å². The maximum absolute atomic E-state index is 12.2. The van der Waals surface area contributed by atoms with Crippen LogP contribution in [0.3, 0.4) is 0 Å². The van der Waals surface area contributed by atoms with E-state index in [1.54, 1.807) is 23.5 Å². The Balaban J connectivity index is 1.70. The first-order valence-electron chi connectivity index (χ1n) is 13.6. The molecule has 0 unspecified atom stereocenters. The van der Waals surface area contributed by atoms with Crippen molar-refractivity contribution in [1.29, 1.82) is 0 Å². The fourth-order valence-electron chi connectivity index (χ4n) is 6.12. The van der Waals surface area contributed by atoms with E-state index >= 15 is 0 Å². The van der Waals surface area contributed by atoms with Crippen molar-refractivity contribution in [3.63, 3.8) is 0 Å². The smallest absolute Gasteiger partial charge is 0.258 e. The van der Waals surface area contributed by atoms with Crippen molar-refractivity contribution in [2.75, 3.05) is 0 Å². The predicted molar refractivity (Wildman–Crippen MR) is 171 cm³/mol. The molecule has 0 amide bonds. The van der Waals surface area contributed by atoms with E-state index < -0.39 is 0 Å². The first kappa shape index (κ1) is 26.5. The number of hydrogen-bond acceptors (Lipinski definition) is 4. The molecule has 39 heavy (non-hydrogen) atoms. The van der Waals surface area contributed by atoms with Gasteiger partial charge in [0.25, 0.3) is 5.69 Å². The molecule has 5 aromatic carbocycles. The van der Waals surface area contributed by atoms with Crippen LogP contribution in [-0.4, -0.2) is 4.92 Å². The summed E-state index contributed by atoms with van der Waals surface area (Å²) in [6.07, 6.45) is 0. The van der Waals surface area contributed by atoms with Gasteiger partial charge in [0.05, 0.1) is 4.92 Å². The number of hydrogen-bond donors (Lipinski definition) is 0. The maximum Gasteiger partial charge on any atom is 0.277 e. The minimum Gasteiger partial charge on any atom is -0.258 e. The van der Waals surface area contributed by atoms with Crippen LogP contribution in [0.5, 0.6) is 0 Å². The average molecular weight is 554 g/mol. The molecule has 0 N–H and O–H groups in total. The van der Waals surface area contributed by atoms with Gasteiger partial charge in [-0.25, -0.2) is 0 Å². The number of thioether (sulfide) groups is 2. The SMILES string of the molecule is CC(C)(C)c1cc2cc3c4c(C(C)(C)C)ccc5cc(c(c1)c2c54)CSCc1cccc(c1[N+](=O)[O-])CSC3. The summed E-state index contributed by atoms with van der Waals surface area (Å²) in [6.45, 7) is 13.8. The highest BCUT2D eigenvalue weighted by atomic mass is 32.2. The van der Waals surface area contributed by atoms with Crippen LogP contribution in [0.1, 0.15) is 74.9 Å². The Morgan fingerprint density at radius 3 is 1.90 bits per heavy atom. The van der Waals surface area contributed by atoms with E-state index in [1.807, 2.05) is 18.2 Å². The quantitative estimate of drug-likeness (QED) is 0.118. The molecule has 0 radical (unpaired) electrons. The summed E-state index contributed by atoms with van der Waals surface area (Å²) >= 11 is 3.56. The Labute approximate surface area is 239 Å². The zero-order valence-electron chi connectivity index (χ0n) is 23.6. The second-order valence-corrected chi connectivity index (χ2v) is 14.9. The van der Waals surface area contributed by atoms with Gasteiger partial charge in [0.15, 0.2) is 0 Å². The van der Waals surface area contributed by atoms with E-state index in [2.05, 4.69) is 77.9 Å². The summed E-state index contributed by atoms with van der Waals surface area (Å²) in [5, 5.41) is 20.2. The van der Waals surface area contributed by atoms with Gasteiger partial charge < -0.3 is 0 Å². The Hall–Kier alpha value is -2.76. The zero-order chi connectivity index (χ0) is 27.7. The molecule has 0 saturated heterocycles. The third-order valence-corrected chi connectivity index (χ3v) is 10.1. The maximum atomic E-state index is 12.2. The molecule has 0 atom stereocenters. The molecule has 10 bridgehead atoms. The Bertz CT molecular complexity index is 1760. The van der Waals surface area contributed by atoms with E-state index in [4.69, 9.17) is 0 Å². The lowest BCUT2D eigenvalue weighted by molar-refractivity contribution is -0.386. The van der Waals surface area contributed by atoms with Gasteiger partial charge in [-0.15, -0.1) is 0 Å². The molecule has 0 aliphatic carbocycles. The topological polar surface area (TPSA) is 43.1 Å². The largest absolute Gasteiger partial charge is 0.277 e. The minimum atomic E-state index is -0.177. The monoisotopic (exact) mass is 553 g/mol. The number of rotatable bonds is 1. The number of benzene rings is 5. The Morgan fingerprint density at radius 1 is 0.667 bits per heavy atom. The fourth-order valence-corrected chi connectivity index (χ4v) is 8.14. The number of nitro benzene ring substituents is 1. The lowest BCUT2D eigenvalue weighted by Gasteiger charge is -2.27. The van der Waals surface area contributed by atoms with Crippen molar-refractivity contribution >= 4 is 61.5 Å². The zero-order valence-corrected chi connectivity index (χ0v) is 25.2. The molecule has 3 heterocycles. The minimum absolute atomic E-state index is 0.00693.